The van der Waals surface area contributed by atoms with Crippen LogP contribution < -0.4 is 4.74 Å². The highest BCUT2D eigenvalue weighted by Crippen LogP contribution is 2.30. The van der Waals surface area contributed by atoms with E-state index < -0.39 is 11.4 Å². The second-order valence-electron chi connectivity index (χ2n) is 6.27. The van der Waals surface area contributed by atoms with Crippen LogP contribution in [0.4, 0.5) is 0 Å². The fourth-order valence-corrected chi connectivity index (χ4v) is 2.89. The van der Waals surface area contributed by atoms with Crippen LogP contribution in [-0.4, -0.2) is 42.1 Å². The molecule has 0 saturated carbocycles. The summed E-state index contributed by atoms with van der Waals surface area (Å²) in [5, 5.41) is 9.33. The Morgan fingerprint density at radius 3 is 2.77 bits per heavy atom. The van der Waals surface area contributed by atoms with E-state index in [9.17, 15) is 14.7 Å². The number of aryl methyl sites for hydroxylation is 1. The molecule has 1 N–H and O–H groups in total. The van der Waals surface area contributed by atoms with Crippen molar-refractivity contribution in [2.45, 2.75) is 33.1 Å². The summed E-state index contributed by atoms with van der Waals surface area (Å²) in [6.07, 6.45) is 1.61. The summed E-state index contributed by atoms with van der Waals surface area (Å²) >= 11 is 0. The Morgan fingerprint density at radius 1 is 1.41 bits per heavy atom. The van der Waals surface area contributed by atoms with E-state index in [1.807, 2.05) is 25.1 Å². The zero-order valence-corrected chi connectivity index (χ0v) is 13.4. The molecule has 120 valence electrons. The average Bonchev–Trinajstić information content (AvgIpc) is 2.49. The first kappa shape index (κ1) is 16.3. The number of hydrogen-bond donors (Lipinski definition) is 1. The molecule has 0 bridgehead atoms. The molecule has 1 fully saturated rings. The molecule has 5 heteroatoms. The van der Waals surface area contributed by atoms with E-state index in [1.165, 1.54) is 0 Å². The molecule has 1 aromatic carbocycles. The van der Waals surface area contributed by atoms with Crippen LogP contribution in [-0.2, 0) is 16.0 Å². The summed E-state index contributed by atoms with van der Waals surface area (Å²) in [6, 6.07) is 5.71. The zero-order valence-electron chi connectivity index (χ0n) is 13.4. The second-order valence-corrected chi connectivity index (χ2v) is 6.27. The molecular weight excluding hydrogens is 282 g/mol. The summed E-state index contributed by atoms with van der Waals surface area (Å²) < 4.78 is 5.27. The number of rotatable bonds is 4. The Bertz CT molecular complexity index is 584. The van der Waals surface area contributed by atoms with E-state index in [0.717, 1.165) is 23.3 Å². The summed E-state index contributed by atoms with van der Waals surface area (Å²) in [5.74, 6) is -0.0978. The SMILES string of the molecule is COc1cc(CC(=O)N2CCCC(C)(C(=O)O)C2)ccc1C. The minimum atomic E-state index is -0.834. The standard InChI is InChI=1S/C17H23NO4/c1-12-5-6-13(9-14(12)22-3)10-15(19)18-8-4-7-17(2,11-18)16(20)21/h5-6,9H,4,7-8,10-11H2,1-3H3,(H,20,21). The van der Waals surface area contributed by atoms with Gasteiger partial charge in [0.2, 0.25) is 5.91 Å². The lowest BCUT2D eigenvalue weighted by atomic mass is 9.82. The van der Waals surface area contributed by atoms with Gasteiger partial charge in [-0.3, -0.25) is 9.59 Å². The highest BCUT2D eigenvalue weighted by molar-refractivity contribution is 5.81. The van der Waals surface area contributed by atoms with Gasteiger partial charge in [-0.15, -0.1) is 0 Å². The number of carbonyl (C=O) groups excluding carboxylic acids is 1. The molecule has 1 aromatic rings. The molecule has 1 aliphatic heterocycles. The van der Waals surface area contributed by atoms with E-state index in [2.05, 4.69) is 0 Å². The van der Waals surface area contributed by atoms with Crippen molar-refractivity contribution in [1.82, 2.24) is 4.90 Å². The van der Waals surface area contributed by atoms with Crippen LogP contribution in [0.5, 0.6) is 5.75 Å². The Morgan fingerprint density at radius 2 is 2.14 bits per heavy atom. The predicted octanol–water partition coefficient (Wildman–Crippen LogP) is 2.26. The smallest absolute Gasteiger partial charge is 0.311 e. The van der Waals surface area contributed by atoms with Crippen LogP contribution in [0.2, 0.25) is 0 Å². The Balaban J connectivity index is 2.07. The predicted molar refractivity (Wildman–Crippen MR) is 83.0 cm³/mol. The molecule has 5 nitrogen and oxygen atoms in total. The molecule has 0 radical (unpaired) electrons. The van der Waals surface area contributed by atoms with Crippen molar-refractivity contribution in [3.8, 4) is 5.75 Å². The normalized spacial score (nSPS) is 21.5. The summed E-state index contributed by atoms with van der Waals surface area (Å²) in [6.45, 7) is 4.58. The van der Waals surface area contributed by atoms with Gasteiger partial charge < -0.3 is 14.7 Å². The quantitative estimate of drug-likeness (QED) is 0.926. The van der Waals surface area contributed by atoms with Crippen LogP contribution >= 0.6 is 0 Å². The maximum absolute atomic E-state index is 12.5. The van der Waals surface area contributed by atoms with Crippen molar-refractivity contribution in [3.05, 3.63) is 29.3 Å². The van der Waals surface area contributed by atoms with Gasteiger partial charge in [0.05, 0.1) is 18.9 Å². The van der Waals surface area contributed by atoms with Crippen LogP contribution in [0, 0.1) is 12.3 Å². The van der Waals surface area contributed by atoms with Crippen molar-refractivity contribution in [2.75, 3.05) is 20.2 Å². The Hall–Kier alpha value is -2.04. The minimum absolute atomic E-state index is 0.0296. The first-order chi connectivity index (χ1) is 10.4. The molecule has 1 saturated heterocycles. The topological polar surface area (TPSA) is 66.8 Å². The van der Waals surface area contributed by atoms with Gasteiger partial charge >= 0.3 is 5.97 Å². The highest BCUT2D eigenvalue weighted by atomic mass is 16.5. The molecule has 1 aliphatic rings. The number of carboxylic acids is 1. The third kappa shape index (κ3) is 3.40. The van der Waals surface area contributed by atoms with Gasteiger partial charge in [0, 0.05) is 13.1 Å². The fourth-order valence-electron chi connectivity index (χ4n) is 2.89. The fraction of sp³-hybridized carbons (Fsp3) is 0.529. The lowest BCUT2D eigenvalue weighted by Crippen LogP contribution is -2.48. The molecule has 1 unspecified atom stereocenters. The number of nitrogens with zero attached hydrogens (tertiary/aromatic N) is 1. The first-order valence-corrected chi connectivity index (χ1v) is 7.50. The number of hydrogen-bond acceptors (Lipinski definition) is 3. The third-order valence-corrected chi connectivity index (χ3v) is 4.39. The number of aliphatic carboxylic acids is 1. The minimum Gasteiger partial charge on any atom is -0.496 e. The third-order valence-electron chi connectivity index (χ3n) is 4.39. The lowest BCUT2D eigenvalue weighted by molar-refractivity contribution is -0.153. The maximum Gasteiger partial charge on any atom is 0.311 e. The molecule has 22 heavy (non-hydrogen) atoms. The van der Waals surface area contributed by atoms with E-state index >= 15 is 0 Å². The molecule has 1 amide bonds. The van der Waals surface area contributed by atoms with Gasteiger partial charge in [0.1, 0.15) is 5.75 Å². The lowest BCUT2D eigenvalue weighted by Gasteiger charge is -2.37. The number of ether oxygens (including phenoxy) is 1. The van der Waals surface area contributed by atoms with Crippen molar-refractivity contribution < 1.29 is 19.4 Å². The number of carboxylic acid groups (broad SMARTS) is 1. The van der Waals surface area contributed by atoms with Crippen LogP contribution in [0.1, 0.15) is 30.9 Å². The molecular formula is C17H23NO4. The monoisotopic (exact) mass is 305 g/mol. The first-order valence-electron chi connectivity index (χ1n) is 7.50. The number of benzene rings is 1. The van der Waals surface area contributed by atoms with Gasteiger partial charge in [-0.25, -0.2) is 0 Å². The summed E-state index contributed by atoms with van der Waals surface area (Å²) in [7, 11) is 1.61. The number of piperidine rings is 1. The maximum atomic E-state index is 12.5. The van der Waals surface area contributed by atoms with Crippen LogP contribution in [0.3, 0.4) is 0 Å². The second kappa shape index (κ2) is 6.38. The van der Waals surface area contributed by atoms with Crippen molar-refractivity contribution >= 4 is 11.9 Å². The number of carbonyl (C=O) groups is 2. The Kier molecular flexibility index (Phi) is 4.74. The molecule has 1 heterocycles. The van der Waals surface area contributed by atoms with E-state index in [0.29, 0.717) is 13.0 Å². The van der Waals surface area contributed by atoms with E-state index in [4.69, 9.17) is 4.74 Å². The number of amides is 1. The molecule has 2 rings (SSSR count). The number of methoxy groups -OCH3 is 1. The van der Waals surface area contributed by atoms with Crippen LogP contribution in [0.15, 0.2) is 18.2 Å². The Labute approximate surface area is 130 Å². The van der Waals surface area contributed by atoms with Crippen molar-refractivity contribution in [1.29, 1.82) is 0 Å². The molecule has 1 atom stereocenters. The average molecular weight is 305 g/mol. The zero-order chi connectivity index (χ0) is 16.3. The van der Waals surface area contributed by atoms with Gasteiger partial charge in [-0.1, -0.05) is 12.1 Å². The van der Waals surface area contributed by atoms with Crippen molar-refractivity contribution in [2.24, 2.45) is 5.41 Å². The van der Waals surface area contributed by atoms with Gasteiger partial charge in [0.15, 0.2) is 0 Å². The molecule has 0 spiro atoms. The number of likely N-dealkylation sites (tertiary alicyclic amines) is 1. The van der Waals surface area contributed by atoms with Crippen LogP contribution in [0.25, 0.3) is 0 Å². The molecule has 0 aliphatic carbocycles. The van der Waals surface area contributed by atoms with E-state index in [1.54, 1.807) is 18.9 Å². The largest absolute Gasteiger partial charge is 0.496 e. The van der Waals surface area contributed by atoms with Gasteiger partial charge in [-0.05, 0) is 43.9 Å². The summed E-state index contributed by atoms with van der Waals surface area (Å²) in [5.41, 5.74) is 1.07. The summed E-state index contributed by atoms with van der Waals surface area (Å²) in [4.78, 5) is 25.5. The van der Waals surface area contributed by atoms with E-state index in [-0.39, 0.29) is 18.9 Å². The van der Waals surface area contributed by atoms with Gasteiger partial charge in [0.25, 0.3) is 0 Å². The van der Waals surface area contributed by atoms with Crippen molar-refractivity contribution in [3.63, 3.8) is 0 Å². The highest BCUT2D eigenvalue weighted by Gasteiger charge is 2.39. The molecule has 0 aromatic heterocycles. The van der Waals surface area contributed by atoms with Gasteiger partial charge in [-0.2, -0.15) is 0 Å².